The van der Waals surface area contributed by atoms with Crippen molar-refractivity contribution in [1.82, 2.24) is 9.78 Å². The second kappa shape index (κ2) is 4.21. The van der Waals surface area contributed by atoms with E-state index in [0.717, 1.165) is 0 Å². The van der Waals surface area contributed by atoms with Gasteiger partial charge in [0.15, 0.2) is 0 Å². The van der Waals surface area contributed by atoms with Gasteiger partial charge in [-0.1, -0.05) is 0 Å². The molecule has 1 saturated heterocycles. The van der Waals surface area contributed by atoms with E-state index in [9.17, 15) is 4.39 Å². The molecule has 1 aromatic heterocycles. The van der Waals surface area contributed by atoms with Gasteiger partial charge in [0.2, 0.25) is 0 Å². The molecular weight excluding hydrogens is 234 g/mol. The second-order valence-corrected chi connectivity index (χ2v) is 5.56. The van der Waals surface area contributed by atoms with Crippen molar-refractivity contribution in [3.05, 3.63) is 23.7 Å². The molecule has 1 fully saturated rings. The van der Waals surface area contributed by atoms with Gasteiger partial charge in [0.25, 0.3) is 0 Å². The summed E-state index contributed by atoms with van der Waals surface area (Å²) in [6, 6.07) is 0. The van der Waals surface area contributed by atoms with Crippen LogP contribution in [-0.4, -0.2) is 28.1 Å². The quantitative estimate of drug-likeness (QED) is 0.758. The Morgan fingerprint density at radius 3 is 2.33 bits per heavy atom. The fourth-order valence-electron chi connectivity index (χ4n) is 1.70. The molecular formula is C12H18BFN2O2. The standard InChI is InChI=1S/C12H18BFN2O2/c1-11(2)12(3,4)18-13(17-11)10(14)6-9-7-15-16(5)8-9/h6-8H,1-5H3. The molecule has 0 aliphatic carbocycles. The van der Waals surface area contributed by atoms with Crippen LogP contribution in [0.4, 0.5) is 4.39 Å². The Hall–Kier alpha value is -1.14. The molecule has 0 N–H and O–H groups in total. The molecule has 2 heterocycles. The zero-order valence-electron chi connectivity index (χ0n) is 11.4. The first-order valence-corrected chi connectivity index (χ1v) is 5.93. The maximum Gasteiger partial charge on any atom is 0.525 e. The molecule has 0 spiro atoms. The van der Waals surface area contributed by atoms with Gasteiger partial charge in [0, 0.05) is 18.8 Å². The Bertz CT molecular complexity index is 466. The Labute approximate surface area is 107 Å². The highest BCUT2D eigenvalue weighted by atomic mass is 19.1. The van der Waals surface area contributed by atoms with E-state index in [2.05, 4.69) is 5.10 Å². The van der Waals surface area contributed by atoms with Gasteiger partial charge in [-0.25, -0.2) is 4.39 Å². The number of hydrogen-bond acceptors (Lipinski definition) is 3. The maximum absolute atomic E-state index is 14.1. The van der Waals surface area contributed by atoms with E-state index in [0.29, 0.717) is 5.56 Å². The van der Waals surface area contributed by atoms with Crippen LogP contribution in [0.15, 0.2) is 18.1 Å². The van der Waals surface area contributed by atoms with Gasteiger partial charge in [-0.2, -0.15) is 5.10 Å². The predicted molar refractivity (Wildman–Crippen MR) is 68.4 cm³/mol. The fraction of sp³-hybridized carbons (Fsp3) is 0.583. The normalized spacial score (nSPS) is 22.6. The van der Waals surface area contributed by atoms with Crippen LogP contribution in [0.5, 0.6) is 0 Å². The van der Waals surface area contributed by atoms with Crippen LogP contribution in [0.2, 0.25) is 0 Å². The average Bonchev–Trinajstić information content (AvgIpc) is 2.70. The summed E-state index contributed by atoms with van der Waals surface area (Å²) in [4.78, 5) is 0. The summed E-state index contributed by atoms with van der Waals surface area (Å²) in [5.41, 5.74) is -0.818. The summed E-state index contributed by atoms with van der Waals surface area (Å²) in [7, 11) is 0.833. The lowest BCUT2D eigenvalue weighted by atomic mass is 9.87. The summed E-state index contributed by atoms with van der Waals surface area (Å²) < 4.78 is 26.9. The molecule has 1 aliphatic heterocycles. The highest BCUT2D eigenvalue weighted by Gasteiger charge is 2.53. The van der Waals surface area contributed by atoms with Crippen molar-refractivity contribution in [1.29, 1.82) is 0 Å². The smallest absolute Gasteiger partial charge is 0.398 e. The van der Waals surface area contributed by atoms with E-state index in [-0.39, 0.29) is 0 Å². The van der Waals surface area contributed by atoms with Gasteiger partial charge in [0.1, 0.15) is 5.73 Å². The summed E-state index contributed by atoms with van der Waals surface area (Å²) in [6.45, 7) is 7.57. The van der Waals surface area contributed by atoms with Gasteiger partial charge in [-0.05, 0) is 33.8 Å². The Morgan fingerprint density at radius 1 is 1.33 bits per heavy atom. The van der Waals surface area contributed by atoms with Crippen LogP contribution in [-0.2, 0) is 16.4 Å². The second-order valence-electron chi connectivity index (χ2n) is 5.56. The minimum Gasteiger partial charge on any atom is -0.398 e. The van der Waals surface area contributed by atoms with Gasteiger partial charge < -0.3 is 9.31 Å². The number of halogens is 1. The lowest BCUT2D eigenvalue weighted by Crippen LogP contribution is -2.41. The first-order chi connectivity index (χ1) is 8.21. The highest BCUT2D eigenvalue weighted by Crippen LogP contribution is 2.38. The van der Waals surface area contributed by atoms with Crippen LogP contribution in [0, 0.1) is 0 Å². The van der Waals surface area contributed by atoms with Crippen molar-refractivity contribution in [3.8, 4) is 0 Å². The van der Waals surface area contributed by atoms with Gasteiger partial charge in [0.05, 0.1) is 17.4 Å². The van der Waals surface area contributed by atoms with Crippen LogP contribution < -0.4 is 0 Å². The molecule has 0 unspecified atom stereocenters. The lowest BCUT2D eigenvalue weighted by Gasteiger charge is -2.32. The molecule has 2 rings (SSSR count). The van der Waals surface area contributed by atoms with E-state index in [1.807, 2.05) is 27.7 Å². The molecule has 0 aromatic carbocycles. The fourth-order valence-corrected chi connectivity index (χ4v) is 1.70. The van der Waals surface area contributed by atoms with E-state index in [4.69, 9.17) is 9.31 Å². The molecule has 0 amide bonds. The minimum absolute atomic E-state index is 0.443. The monoisotopic (exact) mass is 252 g/mol. The van der Waals surface area contributed by atoms with Crippen LogP contribution >= 0.6 is 0 Å². The number of hydrogen-bond donors (Lipinski definition) is 0. The SMILES string of the molecule is Cn1cc(C=C(F)B2OC(C)(C)C(C)(C)O2)cn1. The molecule has 18 heavy (non-hydrogen) atoms. The van der Waals surface area contributed by atoms with Crippen molar-refractivity contribution < 1.29 is 13.7 Å². The zero-order chi connectivity index (χ0) is 13.6. The number of aromatic nitrogens is 2. The number of aryl methyl sites for hydroxylation is 1. The summed E-state index contributed by atoms with van der Waals surface area (Å²) in [6.07, 6.45) is 4.70. The zero-order valence-corrected chi connectivity index (χ0v) is 11.4. The highest BCUT2D eigenvalue weighted by molar-refractivity contribution is 6.54. The van der Waals surface area contributed by atoms with E-state index >= 15 is 0 Å². The molecule has 0 atom stereocenters. The molecule has 4 nitrogen and oxygen atoms in total. The van der Waals surface area contributed by atoms with Gasteiger partial charge >= 0.3 is 7.12 Å². The van der Waals surface area contributed by atoms with Crippen LogP contribution in [0.3, 0.4) is 0 Å². The van der Waals surface area contributed by atoms with Crippen LogP contribution in [0.1, 0.15) is 33.3 Å². The van der Waals surface area contributed by atoms with Crippen molar-refractivity contribution in [2.75, 3.05) is 0 Å². The van der Waals surface area contributed by atoms with Crippen molar-refractivity contribution in [3.63, 3.8) is 0 Å². The Morgan fingerprint density at radius 2 is 1.89 bits per heavy atom. The molecule has 0 saturated carbocycles. The number of rotatable bonds is 2. The predicted octanol–water partition coefficient (Wildman–Crippen LogP) is 2.36. The largest absolute Gasteiger partial charge is 0.525 e. The average molecular weight is 252 g/mol. The number of nitrogens with zero attached hydrogens (tertiary/aromatic N) is 2. The molecule has 6 heteroatoms. The molecule has 1 aromatic rings. The third-order valence-corrected chi connectivity index (χ3v) is 3.51. The van der Waals surface area contributed by atoms with Crippen molar-refractivity contribution in [2.45, 2.75) is 38.9 Å². The van der Waals surface area contributed by atoms with Crippen molar-refractivity contribution >= 4 is 13.2 Å². The molecule has 0 radical (unpaired) electrons. The lowest BCUT2D eigenvalue weighted by molar-refractivity contribution is 0.00578. The van der Waals surface area contributed by atoms with Crippen molar-refractivity contribution in [2.24, 2.45) is 7.05 Å². The maximum atomic E-state index is 14.1. The first kappa shape index (κ1) is 13.3. The Kier molecular flexibility index (Phi) is 3.11. The summed E-state index contributed by atoms with van der Waals surface area (Å²) in [5, 5.41) is 3.98. The third-order valence-electron chi connectivity index (χ3n) is 3.51. The summed E-state index contributed by atoms with van der Waals surface area (Å²) in [5.74, 6) is 0. The minimum atomic E-state index is -0.949. The topological polar surface area (TPSA) is 36.3 Å². The van der Waals surface area contributed by atoms with Gasteiger partial charge in [-0.3, -0.25) is 4.68 Å². The molecule has 0 bridgehead atoms. The van der Waals surface area contributed by atoms with E-state index in [1.165, 1.54) is 6.08 Å². The third kappa shape index (κ3) is 2.35. The van der Waals surface area contributed by atoms with E-state index in [1.54, 1.807) is 24.1 Å². The summed E-state index contributed by atoms with van der Waals surface area (Å²) >= 11 is 0. The molecule has 98 valence electrons. The van der Waals surface area contributed by atoms with Gasteiger partial charge in [-0.15, -0.1) is 0 Å². The first-order valence-electron chi connectivity index (χ1n) is 5.93. The van der Waals surface area contributed by atoms with E-state index < -0.39 is 24.0 Å². The van der Waals surface area contributed by atoms with Crippen LogP contribution in [0.25, 0.3) is 6.08 Å². The Balaban J connectivity index is 2.17. The molecule has 1 aliphatic rings.